The van der Waals surface area contributed by atoms with Crippen molar-refractivity contribution in [2.45, 2.75) is 27.3 Å². The predicted octanol–water partition coefficient (Wildman–Crippen LogP) is 5.96. The molecule has 7 heteroatoms. The number of rotatable bonds is 4. The SMILES string of the molecule is CCn1c(C)c(-c2ccc(C)cc2F)c(=O)c(C(=O)O)c1-c1ccc(Cl)c(Cl)c1. The minimum absolute atomic E-state index is 0.0329. The molecule has 29 heavy (non-hydrogen) atoms. The van der Waals surface area contributed by atoms with Crippen molar-refractivity contribution in [2.24, 2.45) is 0 Å². The molecule has 3 rings (SSSR count). The van der Waals surface area contributed by atoms with E-state index in [0.717, 1.165) is 0 Å². The van der Waals surface area contributed by atoms with Crippen LogP contribution in [0.15, 0.2) is 41.2 Å². The number of halogens is 3. The molecule has 4 nitrogen and oxygen atoms in total. The highest BCUT2D eigenvalue weighted by atomic mass is 35.5. The van der Waals surface area contributed by atoms with Gasteiger partial charge in [-0.2, -0.15) is 0 Å². The average molecular weight is 434 g/mol. The number of hydrogen-bond donors (Lipinski definition) is 1. The van der Waals surface area contributed by atoms with Gasteiger partial charge in [0.2, 0.25) is 5.43 Å². The van der Waals surface area contributed by atoms with Gasteiger partial charge < -0.3 is 9.67 Å². The number of pyridine rings is 1. The molecule has 0 atom stereocenters. The zero-order chi connectivity index (χ0) is 21.5. The largest absolute Gasteiger partial charge is 0.477 e. The number of hydrogen-bond acceptors (Lipinski definition) is 2. The standard InChI is InChI=1S/C22H18Cl2FNO3/c1-4-26-12(3)18(14-7-5-11(2)9-17(14)25)21(27)19(22(28)29)20(26)13-6-8-15(23)16(24)10-13/h5-10H,4H2,1-3H3,(H,28,29). The smallest absolute Gasteiger partial charge is 0.341 e. The van der Waals surface area contributed by atoms with Crippen LogP contribution in [0.5, 0.6) is 0 Å². The molecular weight excluding hydrogens is 416 g/mol. The number of aromatic nitrogens is 1. The monoisotopic (exact) mass is 433 g/mol. The van der Waals surface area contributed by atoms with E-state index in [2.05, 4.69) is 0 Å². The van der Waals surface area contributed by atoms with E-state index in [9.17, 15) is 19.1 Å². The fraction of sp³-hybridized carbons (Fsp3) is 0.182. The first kappa shape index (κ1) is 21.1. The summed E-state index contributed by atoms with van der Waals surface area (Å²) in [7, 11) is 0. The molecule has 1 N–H and O–H groups in total. The first-order valence-corrected chi connectivity index (χ1v) is 9.65. The Bertz CT molecular complexity index is 1200. The number of nitrogens with zero attached hydrogens (tertiary/aromatic N) is 1. The van der Waals surface area contributed by atoms with Crippen molar-refractivity contribution in [2.75, 3.05) is 0 Å². The summed E-state index contributed by atoms with van der Waals surface area (Å²) in [5.74, 6) is -1.97. The maximum atomic E-state index is 14.7. The van der Waals surface area contributed by atoms with Crippen LogP contribution < -0.4 is 5.43 Å². The minimum Gasteiger partial charge on any atom is -0.477 e. The normalized spacial score (nSPS) is 11.0. The number of carbonyl (C=O) groups is 1. The second-order valence-corrected chi connectivity index (χ2v) is 7.49. The van der Waals surface area contributed by atoms with Crippen LogP contribution >= 0.6 is 23.2 Å². The molecule has 2 aromatic carbocycles. The fourth-order valence-electron chi connectivity index (χ4n) is 3.51. The Morgan fingerprint density at radius 3 is 2.34 bits per heavy atom. The summed E-state index contributed by atoms with van der Waals surface area (Å²) in [4.78, 5) is 25.4. The van der Waals surface area contributed by atoms with Crippen LogP contribution in [0.4, 0.5) is 4.39 Å². The summed E-state index contributed by atoms with van der Waals surface area (Å²) in [6, 6.07) is 9.16. The summed E-state index contributed by atoms with van der Waals surface area (Å²) in [5.41, 5.74) is 0.729. The molecule has 1 aromatic heterocycles. The van der Waals surface area contributed by atoms with E-state index in [1.165, 1.54) is 24.3 Å². The van der Waals surface area contributed by atoms with Gasteiger partial charge in [-0.25, -0.2) is 9.18 Å². The van der Waals surface area contributed by atoms with E-state index < -0.39 is 22.8 Å². The summed E-state index contributed by atoms with van der Waals surface area (Å²) in [6.07, 6.45) is 0. The van der Waals surface area contributed by atoms with Gasteiger partial charge in [0.15, 0.2) is 0 Å². The van der Waals surface area contributed by atoms with Crippen molar-refractivity contribution in [3.63, 3.8) is 0 Å². The van der Waals surface area contributed by atoms with Crippen molar-refractivity contribution < 1.29 is 14.3 Å². The lowest BCUT2D eigenvalue weighted by Gasteiger charge is -2.21. The second-order valence-electron chi connectivity index (χ2n) is 6.67. The van der Waals surface area contributed by atoms with Crippen molar-refractivity contribution in [1.82, 2.24) is 4.57 Å². The molecule has 0 aliphatic rings. The molecule has 0 fully saturated rings. The highest BCUT2D eigenvalue weighted by molar-refractivity contribution is 6.42. The van der Waals surface area contributed by atoms with E-state index >= 15 is 0 Å². The molecular formula is C22H18Cl2FNO3. The summed E-state index contributed by atoms with van der Waals surface area (Å²) < 4.78 is 16.3. The van der Waals surface area contributed by atoms with E-state index in [-0.39, 0.29) is 21.8 Å². The maximum absolute atomic E-state index is 14.7. The molecule has 0 bridgehead atoms. The molecule has 0 spiro atoms. The zero-order valence-corrected chi connectivity index (χ0v) is 17.5. The van der Waals surface area contributed by atoms with Gasteiger partial charge in [0, 0.05) is 23.4 Å². The first-order chi connectivity index (χ1) is 13.7. The molecule has 1 heterocycles. The Labute approximate surface area is 177 Å². The zero-order valence-electron chi connectivity index (χ0n) is 16.0. The van der Waals surface area contributed by atoms with Crippen LogP contribution in [0.25, 0.3) is 22.4 Å². The van der Waals surface area contributed by atoms with Crippen LogP contribution in [0, 0.1) is 19.7 Å². The molecule has 0 radical (unpaired) electrons. The second kappa shape index (κ2) is 8.01. The van der Waals surface area contributed by atoms with Crippen molar-refractivity contribution in [1.29, 1.82) is 0 Å². The summed E-state index contributed by atoms with van der Waals surface area (Å²) >= 11 is 12.1. The third-order valence-corrected chi connectivity index (χ3v) is 5.58. The third-order valence-electron chi connectivity index (χ3n) is 4.84. The Morgan fingerprint density at radius 1 is 1.10 bits per heavy atom. The van der Waals surface area contributed by atoms with Gasteiger partial charge in [-0.3, -0.25) is 4.79 Å². The molecule has 0 saturated carbocycles. The number of carboxylic acid groups (broad SMARTS) is 1. The predicted molar refractivity (Wildman–Crippen MR) is 114 cm³/mol. The average Bonchev–Trinajstić information content (AvgIpc) is 2.65. The van der Waals surface area contributed by atoms with Crippen LogP contribution in [0.2, 0.25) is 10.0 Å². The Morgan fingerprint density at radius 2 is 1.79 bits per heavy atom. The van der Waals surface area contributed by atoms with Gasteiger partial charge in [-0.05, 0) is 44.5 Å². The fourth-order valence-corrected chi connectivity index (χ4v) is 3.81. The van der Waals surface area contributed by atoms with E-state index in [4.69, 9.17) is 23.2 Å². The quantitative estimate of drug-likeness (QED) is 0.551. The highest BCUT2D eigenvalue weighted by Crippen LogP contribution is 2.33. The molecule has 0 amide bonds. The lowest BCUT2D eigenvalue weighted by Crippen LogP contribution is -2.25. The van der Waals surface area contributed by atoms with Crippen molar-refractivity contribution >= 4 is 29.2 Å². The molecule has 0 saturated heterocycles. The van der Waals surface area contributed by atoms with Gasteiger partial charge in [-0.1, -0.05) is 41.4 Å². The first-order valence-electron chi connectivity index (χ1n) is 8.90. The molecule has 0 aliphatic heterocycles. The number of aryl methyl sites for hydroxylation is 1. The molecule has 0 unspecified atom stereocenters. The van der Waals surface area contributed by atoms with Crippen LogP contribution in [-0.4, -0.2) is 15.6 Å². The van der Waals surface area contributed by atoms with Gasteiger partial charge in [0.05, 0.1) is 21.3 Å². The van der Waals surface area contributed by atoms with Crippen molar-refractivity contribution in [3.8, 4) is 22.4 Å². The Balaban J connectivity index is 2.47. The van der Waals surface area contributed by atoms with E-state index in [1.54, 1.807) is 30.5 Å². The minimum atomic E-state index is -1.40. The summed E-state index contributed by atoms with van der Waals surface area (Å²) in [6.45, 7) is 5.59. The van der Waals surface area contributed by atoms with Gasteiger partial charge in [0.25, 0.3) is 0 Å². The van der Waals surface area contributed by atoms with Crippen LogP contribution in [-0.2, 0) is 6.54 Å². The van der Waals surface area contributed by atoms with Crippen LogP contribution in [0.3, 0.4) is 0 Å². The van der Waals surface area contributed by atoms with E-state index in [1.807, 2.05) is 6.92 Å². The van der Waals surface area contributed by atoms with Gasteiger partial charge >= 0.3 is 5.97 Å². The van der Waals surface area contributed by atoms with E-state index in [0.29, 0.717) is 28.4 Å². The third kappa shape index (κ3) is 3.68. The Hall–Kier alpha value is -2.63. The highest BCUT2D eigenvalue weighted by Gasteiger charge is 2.26. The van der Waals surface area contributed by atoms with Crippen molar-refractivity contribution in [3.05, 3.63) is 79.3 Å². The lowest BCUT2D eigenvalue weighted by atomic mass is 9.95. The Kier molecular flexibility index (Phi) is 5.82. The van der Waals surface area contributed by atoms with Gasteiger partial charge in [-0.15, -0.1) is 0 Å². The molecule has 150 valence electrons. The lowest BCUT2D eigenvalue weighted by molar-refractivity contribution is 0.0695. The van der Waals surface area contributed by atoms with Crippen LogP contribution in [0.1, 0.15) is 28.5 Å². The topological polar surface area (TPSA) is 59.3 Å². The number of benzene rings is 2. The number of aromatic carboxylic acids is 1. The van der Waals surface area contributed by atoms with Gasteiger partial charge in [0.1, 0.15) is 11.4 Å². The summed E-state index contributed by atoms with van der Waals surface area (Å²) in [5, 5.41) is 10.4. The maximum Gasteiger partial charge on any atom is 0.341 e. The molecule has 3 aromatic rings. The molecule has 0 aliphatic carbocycles. The number of carboxylic acids is 1.